The number of aromatic nitrogens is 2. The van der Waals surface area contributed by atoms with E-state index in [1.165, 1.54) is 6.07 Å². The Morgan fingerprint density at radius 2 is 1.82 bits per heavy atom. The lowest BCUT2D eigenvalue weighted by Crippen LogP contribution is -2.47. The highest BCUT2D eigenvalue weighted by Crippen LogP contribution is 2.28. The zero-order valence-corrected chi connectivity index (χ0v) is 9.91. The highest BCUT2D eigenvalue weighted by Gasteiger charge is 2.33. The van der Waals surface area contributed by atoms with Gasteiger partial charge in [-0.05, 0) is 26.0 Å². The molecule has 1 rings (SSSR count). The summed E-state index contributed by atoms with van der Waals surface area (Å²) in [4.78, 5) is 1.69. The van der Waals surface area contributed by atoms with Gasteiger partial charge in [-0.2, -0.15) is 13.2 Å². The molecule has 1 aromatic heterocycles. The second-order valence-electron chi connectivity index (χ2n) is 4.35. The van der Waals surface area contributed by atoms with Crippen LogP contribution in [-0.4, -0.2) is 29.3 Å². The third kappa shape index (κ3) is 3.06. The molecule has 0 saturated carbocycles. The molecule has 2 N–H and O–H groups in total. The minimum absolute atomic E-state index is 0.353. The fourth-order valence-electron chi connectivity index (χ4n) is 1.10. The molecule has 0 bridgehead atoms. The topological polar surface area (TPSA) is 55.0 Å². The molecule has 0 aliphatic carbocycles. The first-order chi connectivity index (χ1) is 7.68. The van der Waals surface area contributed by atoms with Crippen LogP contribution in [0.4, 0.5) is 19.0 Å². The van der Waals surface area contributed by atoms with Crippen LogP contribution in [-0.2, 0) is 6.18 Å². The minimum atomic E-state index is -4.46. The molecule has 0 radical (unpaired) electrons. The predicted molar refractivity (Wildman–Crippen MR) is 58.6 cm³/mol. The van der Waals surface area contributed by atoms with Crippen LogP contribution in [0.2, 0.25) is 0 Å². The van der Waals surface area contributed by atoms with Gasteiger partial charge in [0.1, 0.15) is 0 Å². The van der Waals surface area contributed by atoms with E-state index in [0.717, 1.165) is 6.07 Å². The van der Waals surface area contributed by atoms with Crippen LogP contribution in [0.5, 0.6) is 0 Å². The lowest BCUT2D eigenvalue weighted by molar-refractivity contribution is -0.141. The maximum Gasteiger partial charge on any atom is 0.435 e. The van der Waals surface area contributed by atoms with Gasteiger partial charge in [-0.3, -0.25) is 0 Å². The van der Waals surface area contributed by atoms with Crippen LogP contribution in [0.3, 0.4) is 0 Å². The van der Waals surface area contributed by atoms with E-state index in [1.54, 1.807) is 11.9 Å². The lowest BCUT2D eigenvalue weighted by Gasteiger charge is -2.35. The third-order valence-electron chi connectivity index (χ3n) is 2.69. The van der Waals surface area contributed by atoms with Crippen molar-refractivity contribution in [3.8, 4) is 0 Å². The van der Waals surface area contributed by atoms with Gasteiger partial charge in [-0.25, -0.2) is 0 Å². The second-order valence-corrected chi connectivity index (χ2v) is 4.35. The summed E-state index contributed by atoms with van der Waals surface area (Å²) < 4.78 is 36.9. The lowest BCUT2D eigenvalue weighted by atomic mass is 10.0. The summed E-state index contributed by atoms with van der Waals surface area (Å²) in [5.41, 5.74) is 4.18. The molecular weight excluding hydrogens is 233 g/mol. The van der Waals surface area contributed by atoms with Crippen molar-refractivity contribution in [2.24, 2.45) is 5.73 Å². The minimum Gasteiger partial charge on any atom is -0.352 e. The summed E-state index contributed by atoms with van der Waals surface area (Å²) in [5, 5.41) is 6.72. The highest BCUT2D eigenvalue weighted by molar-refractivity contribution is 5.39. The van der Waals surface area contributed by atoms with Crippen molar-refractivity contribution in [2.75, 3.05) is 18.5 Å². The number of anilines is 1. The van der Waals surface area contributed by atoms with Gasteiger partial charge >= 0.3 is 6.18 Å². The smallest absolute Gasteiger partial charge is 0.352 e. The Morgan fingerprint density at radius 1 is 1.24 bits per heavy atom. The van der Waals surface area contributed by atoms with Gasteiger partial charge in [0.2, 0.25) is 0 Å². The average Bonchev–Trinajstić information content (AvgIpc) is 2.27. The Hall–Kier alpha value is -1.37. The summed E-state index contributed by atoms with van der Waals surface area (Å²) in [6, 6.07) is 2.19. The molecule has 0 atom stereocenters. The second kappa shape index (κ2) is 4.48. The van der Waals surface area contributed by atoms with Crippen molar-refractivity contribution < 1.29 is 13.2 Å². The maximum absolute atomic E-state index is 12.3. The van der Waals surface area contributed by atoms with E-state index < -0.39 is 17.4 Å². The summed E-state index contributed by atoms with van der Waals surface area (Å²) in [6.45, 7) is 4.09. The number of hydrogen-bond acceptors (Lipinski definition) is 4. The number of nitrogens with zero attached hydrogens (tertiary/aromatic N) is 3. The number of nitrogens with two attached hydrogens (primary N) is 1. The quantitative estimate of drug-likeness (QED) is 0.884. The van der Waals surface area contributed by atoms with E-state index >= 15 is 0 Å². The standard InChI is InChI=1S/C10H15F3N4/c1-9(2,6-14)17(3)8-5-4-7(15-16-8)10(11,12)13/h4-5H,6,14H2,1-3H3. The molecule has 96 valence electrons. The van der Waals surface area contributed by atoms with Gasteiger partial charge in [0.15, 0.2) is 11.5 Å². The van der Waals surface area contributed by atoms with E-state index in [2.05, 4.69) is 10.2 Å². The summed E-state index contributed by atoms with van der Waals surface area (Å²) >= 11 is 0. The predicted octanol–water partition coefficient (Wildman–Crippen LogP) is 1.67. The molecule has 1 aromatic rings. The SMILES string of the molecule is CN(c1ccc(C(F)(F)F)nn1)C(C)(C)CN. The van der Waals surface area contributed by atoms with Crippen LogP contribution in [0.25, 0.3) is 0 Å². The van der Waals surface area contributed by atoms with E-state index in [4.69, 9.17) is 5.73 Å². The number of rotatable bonds is 3. The van der Waals surface area contributed by atoms with Crippen LogP contribution < -0.4 is 10.6 Å². The fourth-order valence-corrected chi connectivity index (χ4v) is 1.10. The molecule has 0 spiro atoms. The monoisotopic (exact) mass is 248 g/mol. The Balaban J connectivity index is 2.96. The van der Waals surface area contributed by atoms with Gasteiger partial charge in [-0.15, -0.1) is 10.2 Å². The van der Waals surface area contributed by atoms with Gasteiger partial charge in [0.05, 0.1) is 0 Å². The Kier molecular flexibility index (Phi) is 3.61. The zero-order valence-electron chi connectivity index (χ0n) is 9.91. The van der Waals surface area contributed by atoms with Crippen molar-refractivity contribution in [3.05, 3.63) is 17.8 Å². The molecule has 4 nitrogen and oxygen atoms in total. The van der Waals surface area contributed by atoms with Crippen molar-refractivity contribution >= 4 is 5.82 Å². The van der Waals surface area contributed by atoms with Crippen LogP contribution >= 0.6 is 0 Å². The molecule has 0 unspecified atom stereocenters. The van der Waals surface area contributed by atoms with Gasteiger partial charge in [0, 0.05) is 19.1 Å². The van der Waals surface area contributed by atoms with Crippen molar-refractivity contribution in [3.63, 3.8) is 0 Å². The molecular formula is C10H15F3N4. The normalized spacial score (nSPS) is 12.6. The average molecular weight is 248 g/mol. The van der Waals surface area contributed by atoms with Crippen molar-refractivity contribution in [1.82, 2.24) is 10.2 Å². The maximum atomic E-state index is 12.3. The summed E-state index contributed by atoms with van der Waals surface area (Å²) in [7, 11) is 1.71. The first-order valence-electron chi connectivity index (χ1n) is 5.03. The van der Waals surface area contributed by atoms with E-state index in [0.29, 0.717) is 12.4 Å². The molecule has 0 saturated heterocycles. The molecule has 0 aliphatic heterocycles. The molecule has 7 heteroatoms. The number of likely N-dealkylation sites (N-methyl/N-ethyl adjacent to an activating group) is 1. The largest absolute Gasteiger partial charge is 0.435 e. The zero-order chi connectivity index (χ0) is 13.3. The van der Waals surface area contributed by atoms with E-state index in [9.17, 15) is 13.2 Å². The number of hydrogen-bond donors (Lipinski definition) is 1. The Labute approximate surface area is 97.6 Å². The van der Waals surface area contributed by atoms with Crippen LogP contribution in [0, 0.1) is 0 Å². The van der Waals surface area contributed by atoms with Crippen molar-refractivity contribution in [2.45, 2.75) is 25.6 Å². The molecule has 0 amide bonds. The summed E-state index contributed by atoms with van der Waals surface area (Å²) in [5.74, 6) is 0.355. The Bertz CT molecular complexity index is 372. The van der Waals surface area contributed by atoms with Gasteiger partial charge < -0.3 is 10.6 Å². The first kappa shape index (κ1) is 13.7. The molecule has 0 aromatic carbocycles. The molecule has 1 heterocycles. The van der Waals surface area contributed by atoms with Gasteiger partial charge in [0.25, 0.3) is 0 Å². The van der Waals surface area contributed by atoms with Crippen LogP contribution in [0.15, 0.2) is 12.1 Å². The van der Waals surface area contributed by atoms with E-state index in [1.807, 2.05) is 13.8 Å². The number of alkyl halides is 3. The van der Waals surface area contributed by atoms with Gasteiger partial charge in [-0.1, -0.05) is 0 Å². The molecule has 0 fully saturated rings. The fraction of sp³-hybridized carbons (Fsp3) is 0.600. The molecule has 17 heavy (non-hydrogen) atoms. The van der Waals surface area contributed by atoms with E-state index in [-0.39, 0.29) is 0 Å². The summed E-state index contributed by atoms with van der Waals surface area (Å²) in [6.07, 6.45) is -4.46. The van der Waals surface area contributed by atoms with Crippen LogP contribution in [0.1, 0.15) is 19.5 Å². The first-order valence-corrected chi connectivity index (χ1v) is 5.03. The Morgan fingerprint density at radius 3 is 2.18 bits per heavy atom. The highest BCUT2D eigenvalue weighted by atomic mass is 19.4. The third-order valence-corrected chi connectivity index (χ3v) is 2.69. The number of halogens is 3. The molecule has 0 aliphatic rings. The van der Waals surface area contributed by atoms with Crippen molar-refractivity contribution in [1.29, 1.82) is 0 Å².